The van der Waals surface area contributed by atoms with Crippen LogP contribution in [-0.2, 0) is 4.79 Å². The van der Waals surface area contributed by atoms with Crippen LogP contribution in [0.25, 0.3) is 16.8 Å². The third-order valence-corrected chi connectivity index (χ3v) is 4.36. The summed E-state index contributed by atoms with van der Waals surface area (Å²) >= 11 is 0. The minimum Gasteiger partial charge on any atom is -0.505 e. The molecule has 0 aliphatic heterocycles. The van der Waals surface area contributed by atoms with Gasteiger partial charge in [-0.25, -0.2) is 13.8 Å². The fourth-order valence-electron chi connectivity index (χ4n) is 2.84. The minimum atomic E-state index is -1.06. The average Bonchev–Trinajstić information content (AvgIpc) is 3.16. The first kappa shape index (κ1) is 15.6. The topological polar surface area (TPSA) is 66.6 Å². The molecule has 1 saturated carbocycles. The van der Waals surface area contributed by atoms with Crippen LogP contribution in [0.2, 0.25) is 0 Å². The lowest BCUT2D eigenvalue weighted by atomic mass is 10.0. The van der Waals surface area contributed by atoms with Gasteiger partial charge in [-0.15, -0.1) is 0 Å². The van der Waals surface area contributed by atoms with Crippen molar-refractivity contribution in [2.45, 2.75) is 19.5 Å². The van der Waals surface area contributed by atoms with Gasteiger partial charge in [0.2, 0.25) is 5.91 Å². The van der Waals surface area contributed by atoms with E-state index in [0.717, 1.165) is 5.56 Å². The number of benzene rings is 1. The number of aromatic nitrogens is 2. The molecule has 4 rings (SSSR count). The predicted molar refractivity (Wildman–Crippen MR) is 88.6 cm³/mol. The Morgan fingerprint density at radius 3 is 2.84 bits per heavy atom. The molecule has 2 atom stereocenters. The first-order valence-corrected chi connectivity index (χ1v) is 7.85. The fourth-order valence-corrected chi connectivity index (χ4v) is 2.84. The van der Waals surface area contributed by atoms with E-state index in [9.17, 15) is 18.7 Å². The Balaban J connectivity index is 1.66. The van der Waals surface area contributed by atoms with Gasteiger partial charge in [-0.05, 0) is 54.3 Å². The van der Waals surface area contributed by atoms with Gasteiger partial charge in [0.15, 0.2) is 17.4 Å². The van der Waals surface area contributed by atoms with E-state index >= 15 is 0 Å². The molecule has 1 amide bonds. The van der Waals surface area contributed by atoms with E-state index in [0.29, 0.717) is 22.6 Å². The Labute approximate surface area is 141 Å². The number of nitrogens with zero attached hydrogens (tertiary/aromatic N) is 2. The zero-order chi connectivity index (χ0) is 17.7. The van der Waals surface area contributed by atoms with Crippen LogP contribution in [0.15, 0.2) is 36.7 Å². The zero-order valence-corrected chi connectivity index (χ0v) is 13.3. The van der Waals surface area contributed by atoms with Crippen molar-refractivity contribution in [3.05, 3.63) is 48.0 Å². The van der Waals surface area contributed by atoms with Crippen LogP contribution in [0.4, 0.5) is 14.6 Å². The van der Waals surface area contributed by atoms with Crippen LogP contribution in [0, 0.1) is 18.7 Å². The fraction of sp³-hybridized carbons (Fsp3) is 0.222. The van der Waals surface area contributed by atoms with Crippen LogP contribution >= 0.6 is 0 Å². The highest BCUT2D eigenvalue weighted by atomic mass is 19.1. The molecule has 1 aliphatic carbocycles. The molecule has 0 spiro atoms. The van der Waals surface area contributed by atoms with E-state index in [2.05, 4.69) is 10.3 Å². The van der Waals surface area contributed by atoms with E-state index in [1.54, 1.807) is 35.9 Å². The van der Waals surface area contributed by atoms with Gasteiger partial charge < -0.3 is 14.8 Å². The highest BCUT2D eigenvalue weighted by Gasteiger charge is 2.43. The van der Waals surface area contributed by atoms with Gasteiger partial charge in [-0.3, -0.25) is 4.79 Å². The summed E-state index contributed by atoms with van der Waals surface area (Å²) < 4.78 is 28.1. The molecule has 2 N–H and O–H groups in total. The Morgan fingerprint density at radius 2 is 2.12 bits per heavy atom. The van der Waals surface area contributed by atoms with Crippen molar-refractivity contribution in [3.8, 4) is 16.9 Å². The number of hydrogen-bond acceptors (Lipinski definition) is 3. The first-order chi connectivity index (χ1) is 11.9. The molecule has 1 aliphatic rings. The molecule has 128 valence electrons. The van der Waals surface area contributed by atoms with Crippen molar-refractivity contribution in [2.75, 3.05) is 5.32 Å². The highest BCUT2D eigenvalue weighted by Crippen LogP contribution is 2.35. The normalized spacial score (nSPS) is 19.2. The number of aryl methyl sites for hydroxylation is 1. The summed E-state index contributed by atoms with van der Waals surface area (Å²) in [6.07, 6.45) is 2.60. The second-order valence-corrected chi connectivity index (χ2v) is 6.28. The summed E-state index contributed by atoms with van der Waals surface area (Å²) in [5.74, 6) is -1.67. The summed E-state index contributed by atoms with van der Waals surface area (Å²) in [6, 6.07) is 6.20. The standard InChI is InChI=1S/C18H15F2N3O2/c1-9-4-14(20)15(24)6-11(9)10-2-3-17-21-16(8-23(17)7-10)22-18(25)12-5-13(12)19/h2-4,6-8,12-13,24H,5H2,1H3,(H,22,25). The smallest absolute Gasteiger partial charge is 0.231 e. The molecule has 2 heterocycles. The van der Waals surface area contributed by atoms with Crippen molar-refractivity contribution in [1.29, 1.82) is 0 Å². The number of pyridine rings is 1. The number of rotatable bonds is 3. The quantitative estimate of drug-likeness (QED) is 0.765. The number of fused-ring (bicyclic) bond motifs is 1. The van der Waals surface area contributed by atoms with E-state index in [4.69, 9.17) is 0 Å². The van der Waals surface area contributed by atoms with Crippen molar-refractivity contribution in [2.24, 2.45) is 5.92 Å². The SMILES string of the molecule is Cc1cc(F)c(O)cc1-c1ccc2nc(NC(=O)C3CC3F)cn2c1. The molecule has 5 nitrogen and oxygen atoms in total. The molecule has 25 heavy (non-hydrogen) atoms. The number of amides is 1. The van der Waals surface area contributed by atoms with E-state index < -0.39 is 23.7 Å². The molecule has 7 heteroatoms. The third kappa shape index (κ3) is 2.82. The molecule has 3 aromatic rings. The van der Waals surface area contributed by atoms with Crippen LogP contribution in [-0.4, -0.2) is 26.6 Å². The summed E-state index contributed by atoms with van der Waals surface area (Å²) in [6.45, 7) is 1.75. The predicted octanol–water partition coefficient (Wildman–Crippen LogP) is 3.45. The largest absolute Gasteiger partial charge is 0.505 e. The molecule has 0 saturated heterocycles. The lowest BCUT2D eigenvalue weighted by Crippen LogP contribution is -2.15. The highest BCUT2D eigenvalue weighted by molar-refractivity contribution is 5.94. The Kier molecular flexibility index (Phi) is 3.45. The molecule has 1 fully saturated rings. The Hall–Kier alpha value is -2.96. The van der Waals surface area contributed by atoms with Crippen molar-refractivity contribution < 1.29 is 18.7 Å². The van der Waals surface area contributed by atoms with Gasteiger partial charge in [-0.2, -0.15) is 0 Å². The lowest BCUT2D eigenvalue weighted by Gasteiger charge is -2.08. The van der Waals surface area contributed by atoms with Gasteiger partial charge in [-0.1, -0.05) is 0 Å². The maximum atomic E-state index is 13.4. The average molecular weight is 343 g/mol. The van der Waals surface area contributed by atoms with Crippen LogP contribution in [0.1, 0.15) is 12.0 Å². The minimum absolute atomic E-state index is 0.261. The van der Waals surface area contributed by atoms with Gasteiger partial charge >= 0.3 is 0 Å². The lowest BCUT2D eigenvalue weighted by molar-refractivity contribution is -0.117. The van der Waals surface area contributed by atoms with Crippen LogP contribution in [0.3, 0.4) is 0 Å². The maximum absolute atomic E-state index is 13.4. The van der Waals surface area contributed by atoms with Gasteiger partial charge in [0.05, 0.1) is 12.1 Å². The van der Waals surface area contributed by atoms with Crippen molar-refractivity contribution in [1.82, 2.24) is 9.38 Å². The van der Waals surface area contributed by atoms with Gasteiger partial charge in [0.25, 0.3) is 0 Å². The number of aromatic hydroxyl groups is 1. The van der Waals surface area contributed by atoms with Crippen molar-refractivity contribution in [3.63, 3.8) is 0 Å². The summed E-state index contributed by atoms with van der Waals surface area (Å²) in [5.41, 5.74) is 2.75. The van der Waals surface area contributed by atoms with Crippen molar-refractivity contribution >= 4 is 17.4 Å². The number of hydrogen-bond donors (Lipinski definition) is 2. The number of phenolic OH excluding ortho intramolecular Hbond substituents is 1. The summed E-state index contributed by atoms with van der Waals surface area (Å²) in [5, 5.41) is 12.2. The second kappa shape index (κ2) is 5.54. The van der Waals surface area contributed by atoms with Gasteiger partial charge in [0, 0.05) is 6.20 Å². The van der Waals surface area contributed by atoms with E-state index in [-0.39, 0.29) is 12.3 Å². The third-order valence-electron chi connectivity index (χ3n) is 4.36. The molecule has 1 aromatic carbocycles. The maximum Gasteiger partial charge on any atom is 0.231 e. The molecule has 0 radical (unpaired) electrons. The molecule has 0 bridgehead atoms. The number of nitrogens with one attached hydrogen (secondary N) is 1. The molecule has 2 unspecified atom stereocenters. The van der Waals surface area contributed by atoms with Gasteiger partial charge in [0.1, 0.15) is 11.8 Å². The number of halogens is 2. The number of carbonyl (C=O) groups excluding carboxylic acids is 1. The van der Waals surface area contributed by atoms with Crippen LogP contribution in [0.5, 0.6) is 5.75 Å². The van der Waals surface area contributed by atoms with E-state index in [1.165, 1.54) is 12.1 Å². The molecular weight excluding hydrogens is 328 g/mol. The summed E-state index contributed by atoms with van der Waals surface area (Å²) in [4.78, 5) is 16.1. The molecular formula is C18H15F2N3O2. The van der Waals surface area contributed by atoms with Crippen LogP contribution < -0.4 is 5.32 Å². The summed E-state index contributed by atoms with van der Waals surface area (Å²) in [7, 11) is 0. The second-order valence-electron chi connectivity index (χ2n) is 6.28. The van der Waals surface area contributed by atoms with E-state index in [1.807, 2.05) is 0 Å². The number of carbonyl (C=O) groups is 1. The number of imidazole rings is 1. The number of alkyl halides is 1. The Bertz CT molecular complexity index is 999. The molecule has 2 aromatic heterocycles. The zero-order valence-electron chi connectivity index (χ0n) is 13.3. The first-order valence-electron chi connectivity index (χ1n) is 7.85. The Morgan fingerprint density at radius 1 is 1.36 bits per heavy atom. The monoisotopic (exact) mass is 343 g/mol. The number of anilines is 1. The number of phenols is 1.